The number of hydrogen-bond acceptors (Lipinski definition) is 2. The summed E-state index contributed by atoms with van der Waals surface area (Å²) in [6.45, 7) is 0. The summed E-state index contributed by atoms with van der Waals surface area (Å²) in [5.41, 5.74) is 0.757. The molecule has 2 rings (SSSR count). The number of halogens is 2. The van der Waals surface area contributed by atoms with Crippen molar-refractivity contribution < 1.29 is 4.79 Å². The molecular formula is C15H14Cl2N2O. The second-order valence-corrected chi connectivity index (χ2v) is 5.61. The lowest BCUT2D eigenvalue weighted by Crippen LogP contribution is -2.33. The van der Waals surface area contributed by atoms with E-state index in [2.05, 4.69) is 5.32 Å². The van der Waals surface area contributed by atoms with Crippen molar-refractivity contribution >= 4 is 35.2 Å². The van der Waals surface area contributed by atoms with Crippen molar-refractivity contribution in [3.63, 3.8) is 0 Å². The van der Waals surface area contributed by atoms with Gasteiger partial charge >= 0.3 is 0 Å². The van der Waals surface area contributed by atoms with Crippen LogP contribution in [0.3, 0.4) is 0 Å². The van der Waals surface area contributed by atoms with Gasteiger partial charge in [-0.05, 0) is 36.6 Å². The van der Waals surface area contributed by atoms with E-state index in [-0.39, 0.29) is 17.5 Å². The predicted octanol–water partition coefficient (Wildman–Crippen LogP) is 3.96. The molecule has 1 aliphatic rings. The molecule has 0 aliphatic heterocycles. The average molecular weight is 309 g/mol. The topological polar surface area (TPSA) is 52.9 Å². The van der Waals surface area contributed by atoms with Gasteiger partial charge in [0.15, 0.2) is 0 Å². The number of benzene rings is 1. The predicted molar refractivity (Wildman–Crippen MR) is 80.5 cm³/mol. The van der Waals surface area contributed by atoms with E-state index in [9.17, 15) is 4.79 Å². The van der Waals surface area contributed by atoms with Crippen LogP contribution in [0.5, 0.6) is 0 Å². The molecule has 3 nitrogen and oxygen atoms in total. The molecule has 20 heavy (non-hydrogen) atoms. The van der Waals surface area contributed by atoms with Gasteiger partial charge in [0.05, 0.1) is 10.0 Å². The van der Waals surface area contributed by atoms with Crippen molar-refractivity contribution in [1.82, 2.24) is 5.32 Å². The molecule has 104 valence electrons. The average Bonchev–Trinajstić information content (AvgIpc) is 2.92. The minimum atomic E-state index is -0.328. The first kappa shape index (κ1) is 14.9. The summed E-state index contributed by atoms with van der Waals surface area (Å²) >= 11 is 11.7. The van der Waals surface area contributed by atoms with Gasteiger partial charge in [0.1, 0.15) is 11.6 Å². The Morgan fingerprint density at radius 1 is 1.30 bits per heavy atom. The summed E-state index contributed by atoms with van der Waals surface area (Å²) in [4.78, 5) is 12.0. The highest BCUT2D eigenvalue weighted by Gasteiger charge is 2.19. The molecule has 0 heterocycles. The van der Waals surface area contributed by atoms with Crippen molar-refractivity contribution in [2.45, 2.75) is 31.7 Å². The van der Waals surface area contributed by atoms with Crippen LogP contribution in [-0.2, 0) is 4.79 Å². The van der Waals surface area contributed by atoms with Gasteiger partial charge in [-0.2, -0.15) is 5.26 Å². The van der Waals surface area contributed by atoms with Gasteiger partial charge in [-0.1, -0.05) is 42.1 Å². The fourth-order valence-electron chi connectivity index (χ4n) is 2.25. The summed E-state index contributed by atoms with van der Waals surface area (Å²) in [5.74, 6) is -0.328. The van der Waals surface area contributed by atoms with Crippen molar-refractivity contribution in [2.75, 3.05) is 0 Å². The highest BCUT2D eigenvalue weighted by atomic mass is 35.5. The Morgan fingerprint density at radius 3 is 2.60 bits per heavy atom. The number of nitrogens with one attached hydrogen (secondary N) is 1. The largest absolute Gasteiger partial charge is 0.349 e. The number of carbonyl (C=O) groups excluding carboxylic acids is 1. The van der Waals surface area contributed by atoms with E-state index in [1.54, 1.807) is 18.2 Å². The Hall–Kier alpha value is -1.50. The van der Waals surface area contributed by atoms with Gasteiger partial charge in [0, 0.05) is 6.04 Å². The Balaban J connectivity index is 2.13. The lowest BCUT2D eigenvalue weighted by atomic mass is 10.1. The first-order valence-corrected chi connectivity index (χ1v) is 7.23. The van der Waals surface area contributed by atoms with E-state index in [0.717, 1.165) is 25.7 Å². The van der Waals surface area contributed by atoms with Crippen molar-refractivity contribution in [3.05, 3.63) is 39.4 Å². The van der Waals surface area contributed by atoms with Crippen LogP contribution in [0.15, 0.2) is 23.8 Å². The summed E-state index contributed by atoms with van der Waals surface area (Å²) in [6, 6.07) is 7.10. The molecule has 1 saturated carbocycles. The molecule has 1 fully saturated rings. The third kappa shape index (κ3) is 3.75. The van der Waals surface area contributed by atoms with Gasteiger partial charge in [-0.25, -0.2) is 0 Å². The minimum absolute atomic E-state index is 0.0790. The van der Waals surface area contributed by atoms with E-state index in [1.807, 2.05) is 6.07 Å². The lowest BCUT2D eigenvalue weighted by Gasteiger charge is -2.11. The molecule has 1 N–H and O–H groups in total. The third-order valence-electron chi connectivity index (χ3n) is 3.31. The molecule has 0 saturated heterocycles. The molecule has 1 amide bonds. The van der Waals surface area contributed by atoms with Crippen LogP contribution < -0.4 is 5.32 Å². The van der Waals surface area contributed by atoms with E-state index < -0.39 is 0 Å². The summed E-state index contributed by atoms with van der Waals surface area (Å²) in [5, 5.41) is 12.8. The highest BCUT2D eigenvalue weighted by Crippen LogP contribution is 2.24. The molecule has 1 aromatic carbocycles. The van der Waals surface area contributed by atoms with Crippen LogP contribution in [0.4, 0.5) is 0 Å². The first-order chi connectivity index (χ1) is 9.60. The summed E-state index contributed by atoms with van der Waals surface area (Å²) in [7, 11) is 0. The normalized spacial score (nSPS) is 15.9. The van der Waals surface area contributed by atoms with Crippen molar-refractivity contribution in [3.8, 4) is 6.07 Å². The SMILES string of the molecule is N#C/C(=C\c1ccc(Cl)c(Cl)c1)C(=O)NC1CCCC1. The Kier molecular flexibility index (Phi) is 5.05. The number of hydrogen-bond donors (Lipinski definition) is 1. The second kappa shape index (κ2) is 6.78. The lowest BCUT2D eigenvalue weighted by molar-refractivity contribution is -0.117. The van der Waals surface area contributed by atoms with E-state index in [1.165, 1.54) is 6.08 Å². The molecule has 0 bridgehead atoms. The maximum absolute atomic E-state index is 12.0. The van der Waals surface area contributed by atoms with E-state index in [0.29, 0.717) is 15.6 Å². The second-order valence-electron chi connectivity index (χ2n) is 4.80. The smallest absolute Gasteiger partial charge is 0.262 e. The maximum atomic E-state index is 12.0. The van der Waals surface area contributed by atoms with Gasteiger partial charge in [0.25, 0.3) is 5.91 Å². The fourth-order valence-corrected chi connectivity index (χ4v) is 2.56. The third-order valence-corrected chi connectivity index (χ3v) is 4.05. The molecule has 0 unspecified atom stereocenters. The molecule has 5 heteroatoms. The number of carbonyl (C=O) groups is 1. The van der Waals surface area contributed by atoms with Crippen molar-refractivity contribution in [1.29, 1.82) is 5.26 Å². The zero-order valence-electron chi connectivity index (χ0n) is 10.8. The van der Waals surface area contributed by atoms with Crippen LogP contribution in [0.2, 0.25) is 10.0 Å². The quantitative estimate of drug-likeness (QED) is 0.679. The number of rotatable bonds is 3. The van der Waals surface area contributed by atoms with Crippen LogP contribution in [0, 0.1) is 11.3 Å². The minimum Gasteiger partial charge on any atom is -0.349 e. The molecule has 0 spiro atoms. The summed E-state index contributed by atoms with van der Waals surface area (Å²) in [6.07, 6.45) is 5.74. The van der Waals surface area contributed by atoms with Gasteiger partial charge in [-0.15, -0.1) is 0 Å². The zero-order chi connectivity index (χ0) is 14.5. The van der Waals surface area contributed by atoms with E-state index in [4.69, 9.17) is 28.5 Å². The maximum Gasteiger partial charge on any atom is 0.262 e. The number of nitriles is 1. The molecule has 0 radical (unpaired) electrons. The van der Waals surface area contributed by atoms with Crippen LogP contribution >= 0.6 is 23.2 Å². The summed E-state index contributed by atoms with van der Waals surface area (Å²) < 4.78 is 0. The van der Waals surface area contributed by atoms with Crippen LogP contribution in [0.1, 0.15) is 31.2 Å². The molecule has 1 aliphatic carbocycles. The van der Waals surface area contributed by atoms with Gasteiger partial charge in [-0.3, -0.25) is 4.79 Å². The number of amides is 1. The van der Waals surface area contributed by atoms with Crippen LogP contribution in [0.25, 0.3) is 6.08 Å². The first-order valence-electron chi connectivity index (χ1n) is 6.48. The molecule has 1 aromatic rings. The van der Waals surface area contributed by atoms with Gasteiger partial charge < -0.3 is 5.32 Å². The number of nitrogens with zero attached hydrogens (tertiary/aromatic N) is 1. The van der Waals surface area contributed by atoms with Gasteiger partial charge in [0.2, 0.25) is 0 Å². The molecule has 0 atom stereocenters. The fraction of sp³-hybridized carbons (Fsp3) is 0.333. The monoisotopic (exact) mass is 308 g/mol. The Morgan fingerprint density at radius 2 is 2.00 bits per heavy atom. The Labute approximate surface area is 128 Å². The molecule has 0 aromatic heterocycles. The Bertz CT molecular complexity index is 584. The standard InChI is InChI=1S/C15H14Cl2N2O/c16-13-6-5-10(8-14(13)17)7-11(9-18)15(20)19-12-3-1-2-4-12/h5-8,12H,1-4H2,(H,19,20)/b11-7+. The van der Waals surface area contributed by atoms with Crippen LogP contribution in [-0.4, -0.2) is 11.9 Å². The van der Waals surface area contributed by atoms with E-state index >= 15 is 0 Å². The van der Waals surface area contributed by atoms with Crippen molar-refractivity contribution in [2.24, 2.45) is 0 Å². The molecular weight excluding hydrogens is 295 g/mol. The zero-order valence-corrected chi connectivity index (χ0v) is 12.3. The highest BCUT2D eigenvalue weighted by molar-refractivity contribution is 6.42.